The summed E-state index contributed by atoms with van der Waals surface area (Å²) in [5, 5.41) is 13.7. The molecule has 3 N–H and O–H groups in total. The van der Waals surface area contributed by atoms with Gasteiger partial charge in [0.2, 0.25) is 0 Å². The van der Waals surface area contributed by atoms with Crippen molar-refractivity contribution in [2.75, 3.05) is 18.2 Å². The molecule has 2 aromatic rings. The Balaban J connectivity index is 2.36. The van der Waals surface area contributed by atoms with Crippen molar-refractivity contribution in [3.8, 4) is 0 Å². The summed E-state index contributed by atoms with van der Waals surface area (Å²) >= 11 is 0. The van der Waals surface area contributed by atoms with Crippen molar-refractivity contribution >= 4 is 27.5 Å². The molecule has 16 heteroatoms. The number of amides is 2. The first-order chi connectivity index (χ1) is 16.5. The SMILES string of the molecule is CCS(=O)(=O)c1ccc(C(NC(=O)OC)C(=O)Nc2ccc(C(O)(C(F)(F)F)C(F)(F)F)cc2)nc1. The lowest BCUT2D eigenvalue weighted by atomic mass is 9.92. The number of carbonyl (C=O) groups excluding carboxylic acids is 2. The molecule has 0 fully saturated rings. The first-order valence-corrected chi connectivity index (χ1v) is 11.4. The Morgan fingerprint density at radius 2 is 1.58 bits per heavy atom. The topological polar surface area (TPSA) is 135 Å². The summed E-state index contributed by atoms with van der Waals surface area (Å²) in [7, 11) is -2.65. The van der Waals surface area contributed by atoms with Crippen LogP contribution in [0.1, 0.15) is 24.2 Å². The number of aliphatic hydroxyl groups is 1. The number of aromatic nitrogens is 1. The monoisotopic (exact) mass is 543 g/mol. The second-order valence-corrected chi connectivity index (χ2v) is 9.44. The van der Waals surface area contributed by atoms with Crippen LogP contribution in [0.25, 0.3) is 0 Å². The molecule has 0 saturated heterocycles. The highest BCUT2D eigenvalue weighted by Crippen LogP contribution is 2.50. The first kappa shape index (κ1) is 28.8. The van der Waals surface area contributed by atoms with Crippen LogP contribution in [0, 0.1) is 0 Å². The second kappa shape index (κ2) is 10.3. The highest BCUT2D eigenvalue weighted by molar-refractivity contribution is 7.91. The van der Waals surface area contributed by atoms with Crippen LogP contribution in [0.15, 0.2) is 47.5 Å². The third-order valence-corrected chi connectivity index (χ3v) is 6.61. The maximum atomic E-state index is 13.0. The Hall–Kier alpha value is -3.40. The van der Waals surface area contributed by atoms with Crippen LogP contribution in [0.5, 0.6) is 0 Å². The fourth-order valence-electron chi connectivity index (χ4n) is 2.86. The number of alkyl carbamates (subject to hydrolysis) is 1. The van der Waals surface area contributed by atoms with Crippen molar-refractivity contribution in [2.45, 2.75) is 35.8 Å². The number of methoxy groups -OCH3 is 1. The van der Waals surface area contributed by atoms with Gasteiger partial charge in [0.05, 0.1) is 23.5 Å². The van der Waals surface area contributed by atoms with Crippen molar-refractivity contribution in [3.63, 3.8) is 0 Å². The number of anilines is 1. The van der Waals surface area contributed by atoms with Crippen LogP contribution < -0.4 is 10.6 Å². The lowest BCUT2D eigenvalue weighted by molar-refractivity contribution is -0.376. The van der Waals surface area contributed by atoms with Crippen molar-refractivity contribution in [1.82, 2.24) is 10.3 Å². The fourth-order valence-corrected chi connectivity index (χ4v) is 3.68. The summed E-state index contributed by atoms with van der Waals surface area (Å²) in [6.07, 6.45) is -12.3. The fraction of sp³-hybridized carbons (Fsp3) is 0.350. The van der Waals surface area contributed by atoms with E-state index >= 15 is 0 Å². The van der Waals surface area contributed by atoms with E-state index in [-0.39, 0.29) is 22.0 Å². The number of alkyl halides is 6. The quantitative estimate of drug-likeness (QED) is 0.457. The van der Waals surface area contributed by atoms with Crippen LogP contribution in [-0.4, -0.2) is 55.7 Å². The van der Waals surface area contributed by atoms with Gasteiger partial charge in [-0.2, -0.15) is 26.3 Å². The predicted molar refractivity (Wildman–Crippen MR) is 111 cm³/mol. The lowest BCUT2D eigenvalue weighted by Crippen LogP contribution is -2.53. The summed E-state index contributed by atoms with van der Waals surface area (Å²) in [6.45, 7) is 1.40. The van der Waals surface area contributed by atoms with Gasteiger partial charge in [-0.05, 0) is 24.3 Å². The zero-order chi connectivity index (χ0) is 27.5. The molecule has 1 heterocycles. The van der Waals surface area contributed by atoms with Gasteiger partial charge in [-0.3, -0.25) is 9.78 Å². The van der Waals surface area contributed by atoms with Gasteiger partial charge in [-0.1, -0.05) is 19.1 Å². The van der Waals surface area contributed by atoms with Crippen LogP contribution in [-0.2, 0) is 25.0 Å². The number of ether oxygens (including phenoxy) is 1. The molecule has 0 bridgehead atoms. The molecule has 0 radical (unpaired) electrons. The molecule has 198 valence electrons. The molecule has 1 aromatic heterocycles. The molecule has 1 unspecified atom stereocenters. The Morgan fingerprint density at radius 1 is 1.03 bits per heavy atom. The number of nitrogens with zero attached hydrogens (tertiary/aromatic N) is 1. The zero-order valence-electron chi connectivity index (χ0n) is 18.4. The van der Waals surface area contributed by atoms with Gasteiger partial charge in [-0.25, -0.2) is 13.2 Å². The van der Waals surface area contributed by atoms with E-state index < -0.39 is 51.4 Å². The zero-order valence-corrected chi connectivity index (χ0v) is 19.3. The van der Waals surface area contributed by atoms with Gasteiger partial charge in [0, 0.05) is 17.4 Å². The molecule has 0 aliphatic rings. The Morgan fingerprint density at radius 3 is 2.00 bits per heavy atom. The molecule has 36 heavy (non-hydrogen) atoms. The Bertz CT molecular complexity index is 1180. The van der Waals surface area contributed by atoms with E-state index in [0.717, 1.165) is 25.4 Å². The number of rotatable bonds is 7. The third-order valence-electron chi connectivity index (χ3n) is 4.89. The number of nitrogens with one attached hydrogen (secondary N) is 2. The summed E-state index contributed by atoms with van der Waals surface area (Å²) in [4.78, 5) is 28.1. The van der Waals surface area contributed by atoms with Crippen LogP contribution in [0.3, 0.4) is 0 Å². The maximum Gasteiger partial charge on any atom is 0.430 e. The van der Waals surface area contributed by atoms with E-state index in [4.69, 9.17) is 0 Å². The minimum absolute atomic E-state index is 0.159. The summed E-state index contributed by atoms with van der Waals surface area (Å²) in [6, 6.07) is 2.65. The van der Waals surface area contributed by atoms with E-state index in [1.807, 2.05) is 0 Å². The minimum atomic E-state index is -6.09. The van der Waals surface area contributed by atoms with E-state index in [1.54, 1.807) is 0 Å². The molecule has 1 aromatic carbocycles. The van der Waals surface area contributed by atoms with Crippen molar-refractivity contribution < 1.29 is 54.2 Å². The molecular formula is C20H19F6N3O6S. The Labute approximate surface area is 200 Å². The molecule has 1 atom stereocenters. The van der Waals surface area contributed by atoms with Gasteiger partial charge < -0.3 is 20.5 Å². The number of pyridine rings is 1. The van der Waals surface area contributed by atoms with Gasteiger partial charge in [-0.15, -0.1) is 0 Å². The molecular weight excluding hydrogens is 524 g/mol. The average Bonchev–Trinajstić information content (AvgIpc) is 2.80. The number of sulfone groups is 1. The maximum absolute atomic E-state index is 13.0. The van der Waals surface area contributed by atoms with Crippen LogP contribution in [0.2, 0.25) is 0 Å². The summed E-state index contributed by atoms with van der Waals surface area (Å²) in [5.74, 6) is -1.28. The van der Waals surface area contributed by atoms with Crippen molar-refractivity contribution in [1.29, 1.82) is 0 Å². The minimum Gasteiger partial charge on any atom is -0.453 e. The van der Waals surface area contributed by atoms with Crippen LogP contribution >= 0.6 is 0 Å². The smallest absolute Gasteiger partial charge is 0.430 e. The molecule has 2 amide bonds. The molecule has 0 aliphatic carbocycles. The number of hydrogen-bond donors (Lipinski definition) is 3. The lowest BCUT2D eigenvalue weighted by Gasteiger charge is -2.32. The van der Waals surface area contributed by atoms with E-state index in [1.165, 1.54) is 6.92 Å². The normalized spacial score (nSPS) is 13.6. The molecule has 0 saturated carbocycles. The third kappa shape index (κ3) is 5.87. The largest absolute Gasteiger partial charge is 0.453 e. The standard InChI is InChI=1S/C20H19F6N3O6S/c1-3-36(33,34)13-8-9-14(27-10-13)15(29-17(31)35-2)16(30)28-12-6-4-11(5-7-12)18(32,19(21,22)23)20(24,25)26/h4-10,15,32H,3H2,1-2H3,(H,28,30)(H,29,31). The molecule has 9 nitrogen and oxygen atoms in total. The van der Waals surface area contributed by atoms with Gasteiger partial charge in [0.25, 0.3) is 11.5 Å². The predicted octanol–water partition coefficient (Wildman–Crippen LogP) is 3.22. The number of carbonyl (C=O) groups is 2. The number of benzene rings is 1. The van der Waals surface area contributed by atoms with Crippen molar-refractivity contribution in [2.24, 2.45) is 0 Å². The highest BCUT2D eigenvalue weighted by atomic mass is 32.2. The van der Waals surface area contributed by atoms with Crippen LogP contribution in [0.4, 0.5) is 36.8 Å². The molecule has 0 aliphatic heterocycles. The van der Waals surface area contributed by atoms with E-state index in [0.29, 0.717) is 24.3 Å². The summed E-state index contributed by atoms with van der Waals surface area (Å²) < 4.78 is 106. The van der Waals surface area contributed by atoms with E-state index in [2.05, 4.69) is 20.4 Å². The number of halogens is 6. The molecule has 2 rings (SSSR count). The number of hydrogen-bond acceptors (Lipinski definition) is 7. The van der Waals surface area contributed by atoms with Gasteiger partial charge in [0.1, 0.15) is 0 Å². The van der Waals surface area contributed by atoms with Crippen molar-refractivity contribution in [3.05, 3.63) is 53.9 Å². The van der Waals surface area contributed by atoms with Gasteiger partial charge in [0.15, 0.2) is 15.9 Å². The van der Waals surface area contributed by atoms with E-state index in [9.17, 15) is 49.5 Å². The second-order valence-electron chi connectivity index (χ2n) is 7.16. The summed E-state index contributed by atoms with van der Waals surface area (Å²) in [5.41, 5.74) is -7.15. The first-order valence-electron chi connectivity index (χ1n) is 9.78. The highest BCUT2D eigenvalue weighted by Gasteiger charge is 2.71. The Kier molecular flexibility index (Phi) is 8.25. The van der Waals surface area contributed by atoms with Gasteiger partial charge >= 0.3 is 18.4 Å². The average molecular weight is 543 g/mol. The molecule has 0 spiro atoms.